The molecule has 0 heterocycles. The van der Waals surface area contributed by atoms with Crippen molar-refractivity contribution in [1.82, 2.24) is 0 Å². The van der Waals surface area contributed by atoms with E-state index in [9.17, 15) is 9.60 Å². The first-order valence-corrected chi connectivity index (χ1v) is 6.04. The zero-order valence-corrected chi connectivity index (χ0v) is 10.9. The minimum Gasteiger partial charge on any atom is -0.761 e. The summed E-state index contributed by atoms with van der Waals surface area (Å²) >= 11 is 3.11. The molecule has 2 rings (SSSR count). The summed E-state index contributed by atoms with van der Waals surface area (Å²) in [6.45, 7) is 0.202. The SMILES string of the molecule is [O-]Nc1cc(Br)cc(F)c1OCc1ccccc1. The van der Waals surface area contributed by atoms with Crippen molar-refractivity contribution < 1.29 is 9.13 Å². The van der Waals surface area contributed by atoms with Crippen LogP contribution in [0, 0.1) is 11.0 Å². The van der Waals surface area contributed by atoms with E-state index >= 15 is 0 Å². The molecule has 0 atom stereocenters. The minimum absolute atomic E-state index is 0.0674. The maximum absolute atomic E-state index is 13.7. The van der Waals surface area contributed by atoms with E-state index in [-0.39, 0.29) is 18.0 Å². The molecule has 0 bridgehead atoms. The van der Waals surface area contributed by atoms with Crippen LogP contribution in [0.15, 0.2) is 46.9 Å². The molecule has 0 radical (unpaired) electrons. The number of halogens is 2. The van der Waals surface area contributed by atoms with Gasteiger partial charge in [0.2, 0.25) is 0 Å². The van der Waals surface area contributed by atoms with E-state index in [0.717, 1.165) is 5.56 Å². The number of rotatable bonds is 4. The van der Waals surface area contributed by atoms with Gasteiger partial charge in [-0.05, 0) is 17.7 Å². The van der Waals surface area contributed by atoms with E-state index in [4.69, 9.17) is 4.74 Å². The predicted molar refractivity (Wildman–Crippen MR) is 71.9 cm³/mol. The zero-order valence-electron chi connectivity index (χ0n) is 9.32. The van der Waals surface area contributed by atoms with Gasteiger partial charge < -0.3 is 15.4 Å². The van der Waals surface area contributed by atoms with Crippen LogP contribution in [-0.2, 0) is 6.61 Å². The van der Waals surface area contributed by atoms with E-state index in [1.807, 2.05) is 30.3 Å². The standard InChI is InChI=1S/C13H10BrFNO2/c14-10-6-11(15)13(12(7-10)16-17)18-8-9-4-2-1-3-5-9/h1-7,16H,8H2/q-1. The lowest BCUT2D eigenvalue weighted by Gasteiger charge is -2.16. The summed E-state index contributed by atoms with van der Waals surface area (Å²) in [5, 5.41) is 10.8. The highest BCUT2D eigenvalue weighted by atomic mass is 79.9. The zero-order chi connectivity index (χ0) is 13.0. The smallest absolute Gasteiger partial charge is 0.177 e. The molecule has 0 aliphatic heterocycles. The van der Waals surface area contributed by atoms with Crippen LogP contribution < -0.4 is 10.2 Å². The quantitative estimate of drug-likeness (QED) is 0.865. The summed E-state index contributed by atoms with van der Waals surface area (Å²) in [7, 11) is 0. The van der Waals surface area contributed by atoms with Crippen LogP contribution in [0.2, 0.25) is 0 Å². The Morgan fingerprint density at radius 3 is 2.61 bits per heavy atom. The summed E-state index contributed by atoms with van der Waals surface area (Å²) in [5.41, 5.74) is 2.64. The highest BCUT2D eigenvalue weighted by Crippen LogP contribution is 2.32. The van der Waals surface area contributed by atoms with Gasteiger partial charge in [-0.15, -0.1) is 0 Å². The monoisotopic (exact) mass is 310 g/mol. The van der Waals surface area contributed by atoms with Crippen LogP contribution in [0.4, 0.5) is 10.1 Å². The Morgan fingerprint density at radius 1 is 1.22 bits per heavy atom. The molecule has 0 saturated heterocycles. The van der Waals surface area contributed by atoms with Crippen LogP contribution in [0.3, 0.4) is 0 Å². The van der Waals surface area contributed by atoms with Gasteiger partial charge in [0.25, 0.3) is 0 Å². The Morgan fingerprint density at radius 2 is 1.94 bits per heavy atom. The number of hydrogen-bond donors (Lipinski definition) is 1. The van der Waals surface area contributed by atoms with E-state index in [0.29, 0.717) is 4.47 Å². The molecule has 2 aromatic rings. The van der Waals surface area contributed by atoms with Crippen LogP contribution >= 0.6 is 15.9 Å². The average Bonchev–Trinajstić information content (AvgIpc) is 2.38. The molecular weight excluding hydrogens is 301 g/mol. The van der Waals surface area contributed by atoms with Gasteiger partial charge in [-0.25, -0.2) is 4.39 Å². The molecular formula is C13H10BrFNO2-. The van der Waals surface area contributed by atoms with Crippen LogP contribution in [0.1, 0.15) is 5.56 Å². The molecule has 18 heavy (non-hydrogen) atoms. The molecule has 3 nitrogen and oxygen atoms in total. The first-order valence-electron chi connectivity index (χ1n) is 5.24. The van der Waals surface area contributed by atoms with Gasteiger partial charge in [-0.3, -0.25) is 0 Å². The van der Waals surface area contributed by atoms with Gasteiger partial charge in [0, 0.05) is 4.47 Å². The molecule has 0 aliphatic rings. The van der Waals surface area contributed by atoms with Crippen molar-refractivity contribution in [2.24, 2.45) is 0 Å². The lowest BCUT2D eigenvalue weighted by Crippen LogP contribution is -2.00. The summed E-state index contributed by atoms with van der Waals surface area (Å²) in [6.07, 6.45) is 0. The Balaban J connectivity index is 2.19. The van der Waals surface area contributed by atoms with Gasteiger partial charge in [0.15, 0.2) is 11.6 Å². The Kier molecular flexibility index (Phi) is 4.17. The third-order valence-corrected chi connectivity index (χ3v) is 2.80. The molecule has 5 heteroatoms. The van der Waals surface area contributed by atoms with E-state index < -0.39 is 5.82 Å². The second kappa shape index (κ2) is 5.84. The summed E-state index contributed by atoms with van der Waals surface area (Å²) in [4.78, 5) is 0. The second-order valence-corrected chi connectivity index (χ2v) is 4.56. The van der Waals surface area contributed by atoms with Gasteiger partial charge in [-0.2, -0.15) is 0 Å². The van der Waals surface area contributed by atoms with E-state index in [2.05, 4.69) is 15.9 Å². The van der Waals surface area contributed by atoms with Crippen molar-refractivity contribution in [1.29, 1.82) is 0 Å². The Labute approximate surface area is 112 Å². The fourth-order valence-electron chi connectivity index (χ4n) is 1.51. The van der Waals surface area contributed by atoms with Crippen molar-refractivity contribution >= 4 is 21.6 Å². The van der Waals surface area contributed by atoms with Gasteiger partial charge in [0.05, 0.1) is 5.69 Å². The summed E-state index contributed by atoms with van der Waals surface area (Å²) in [5.74, 6) is -0.657. The van der Waals surface area contributed by atoms with Gasteiger partial charge >= 0.3 is 0 Å². The van der Waals surface area contributed by atoms with Gasteiger partial charge in [-0.1, -0.05) is 46.3 Å². The topological polar surface area (TPSA) is 44.3 Å². The molecule has 0 aliphatic carbocycles. The van der Waals surface area contributed by atoms with Crippen LogP contribution in [-0.4, -0.2) is 0 Å². The number of ether oxygens (including phenoxy) is 1. The first kappa shape index (κ1) is 12.9. The number of nitrogens with one attached hydrogen (secondary N) is 1. The molecule has 0 spiro atoms. The van der Waals surface area contributed by atoms with Crippen LogP contribution in [0.25, 0.3) is 0 Å². The molecule has 0 saturated carbocycles. The third-order valence-electron chi connectivity index (χ3n) is 2.34. The Hall–Kier alpha value is -1.59. The van der Waals surface area contributed by atoms with Crippen molar-refractivity contribution in [2.45, 2.75) is 6.61 Å². The molecule has 94 valence electrons. The van der Waals surface area contributed by atoms with Crippen molar-refractivity contribution in [2.75, 3.05) is 5.48 Å². The average molecular weight is 311 g/mol. The third kappa shape index (κ3) is 3.00. The predicted octanol–water partition coefficient (Wildman–Crippen LogP) is 4.08. The molecule has 0 fully saturated rings. The maximum atomic E-state index is 13.7. The van der Waals surface area contributed by atoms with Crippen molar-refractivity contribution in [3.8, 4) is 5.75 Å². The fourth-order valence-corrected chi connectivity index (χ4v) is 1.94. The summed E-state index contributed by atoms with van der Waals surface area (Å²) < 4.78 is 19.5. The number of anilines is 1. The second-order valence-electron chi connectivity index (χ2n) is 3.64. The number of benzene rings is 2. The van der Waals surface area contributed by atoms with Crippen molar-refractivity contribution in [3.63, 3.8) is 0 Å². The number of hydrogen-bond acceptors (Lipinski definition) is 3. The first-order chi connectivity index (χ1) is 8.70. The highest BCUT2D eigenvalue weighted by molar-refractivity contribution is 9.10. The molecule has 2 aromatic carbocycles. The molecule has 1 N–H and O–H groups in total. The lowest BCUT2D eigenvalue weighted by atomic mass is 10.2. The summed E-state index contributed by atoms with van der Waals surface area (Å²) in [6, 6.07) is 12.1. The lowest BCUT2D eigenvalue weighted by molar-refractivity contribution is 0.292. The maximum Gasteiger partial charge on any atom is 0.177 e. The van der Waals surface area contributed by atoms with Crippen LogP contribution in [0.5, 0.6) is 5.75 Å². The van der Waals surface area contributed by atoms with Crippen molar-refractivity contribution in [3.05, 3.63) is 63.5 Å². The molecule has 0 amide bonds. The molecule has 0 aromatic heterocycles. The van der Waals surface area contributed by atoms with E-state index in [1.165, 1.54) is 12.1 Å². The largest absolute Gasteiger partial charge is 0.761 e. The van der Waals surface area contributed by atoms with E-state index in [1.54, 1.807) is 5.48 Å². The fraction of sp³-hybridized carbons (Fsp3) is 0.0769. The Bertz CT molecular complexity index is 534. The normalized spacial score (nSPS) is 10.2. The highest BCUT2D eigenvalue weighted by Gasteiger charge is 2.10. The minimum atomic E-state index is -0.585. The molecule has 0 unspecified atom stereocenters. The van der Waals surface area contributed by atoms with Gasteiger partial charge in [0.1, 0.15) is 6.61 Å².